The summed E-state index contributed by atoms with van der Waals surface area (Å²) in [6, 6.07) is 0.341. The number of ether oxygens (including phenoxy) is 1. The zero-order valence-corrected chi connectivity index (χ0v) is 11.6. The minimum atomic E-state index is -0.0727. The second-order valence-corrected chi connectivity index (χ2v) is 4.88. The Bertz CT molecular complexity index is 246. The minimum absolute atomic E-state index is 0.0635. The predicted molar refractivity (Wildman–Crippen MR) is 69.0 cm³/mol. The fraction of sp³-hybridized carbons (Fsp3) is 0.923. The van der Waals surface area contributed by atoms with Crippen molar-refractivity contribution < 1.29 is 9.53 Å². The second kappa shape index (κ2) is 6.97. The van der Waals surface area contributed by atoms with E-state index >= 15 is 0 Å². The van der Waals surface area contributed by atoms with Crippen LogP contribution < -0.4 is 0 Å². The zero-order chi connectivity index (χ0) is 12.8. The monoisotopic (exact) mass is 242 g/mol. The Morgan fingerprint density at radius 1 is 1.41 bits per heavy atom. The molecule has 1 aliphatic rings. The molecule has 1 rings (SSSR count). The number of rotatable bonds is 4. The summed E-state index contributed by atoms with van der Waals surface area (Å²) in [5, 5.41) is 0. The van der Waals surface area contributed by atoms with Gasteiger partial charge in [-0.05, 0) is 40.3 Å². The van der Waals surface area contributed by atoms with Crippen molar-refractivity contribution in [3.63, 3.8) is 0 Å². The van der Waals surface area contributed by atoms with Crippen molar-refractivity contribution in [3.8, 4) is 0 Å². The maximum Gasteiger partial charge on any atom is 0.323 e. The average Bonchev–Trinajstić information content (AvgIpc) is 2.42. The van der Waals surface area contributed by atoms with Crippen molar-refractivity contribution in [3.05, 3.63) is 0 Å². The van der Waals surface area contributed by atoms with E-state index < -0.39 is 0 Å². The topological polar surface area (TPSA) is 32.8 Å². The van der Waals surface area contributed by atoms with E-state index in [-0.39, 0.29) is 12.0 Å². The molecule has 2 atom stereocenters. The Morgan fingerprint density at radius 3 is 2.71 bits per heavy atom. The number of hydrogen-bond donors (Lipinski definition) is 0. The van der Waals surface area contributed by atoms with Gasteiger partial charge in [-0.25, -0.2) is 0 Å². The van der Waals surface area contributed by atoms with Crippen LogP contribution in [0.1, 0.15) is 33.6 Å². The van der Waals surface area contributed by atoms with Gasteiger partial charge in [0.05, 0.1) is 6.61 Å². The summed E-state index contributed by atoms with van der Waals surface area (Å²) in [5.74, 6) is -0.0635. The summed E-state index contributed by atoms with van der Waals surface area (Å²) in [6.07, 6.45) is 1.95. The van der Waals surface area contributed by atoms with Crippen LogP contribution in [0.3, 0.4) is 0 Å². The maximum absolute atomic E-state index is 11.9. The molecular formula is C13H26N2O2. The van der Waals surface area contributed by atoms with Crippen LogP contribution in [0.25, 0.3) is 0 Å². The zero-order valence-electron chi connectivity index (χ0n) is 11.6. The fourth-order valence-electron chi connectivity index (χ4n) is 2.63. The van der Waals surface area contributed by atoms with E-state index in [1.165, 1.54) is 0 Å². The lowest BCUT2D eigenvalue weighted by atomic mass is 10.1. The number of carbonyl (C=O) groups is 1. The van der Waals surface area contributed by atoms with E-state index in [0.29, 0.717) is 12.6 Å². The standard InChI is InChI=1S/C13H26N2O2/c1-5-12(13(16)17-6-2)15-9-7-8-14(4)10-11(15)3/h11-12H,5-10H2,1-4H3. The van der Waals surface area contributed by atoms with Crippen molar-refractivity contribution in [2.45, 2.75) is 45.7 Å². The Kier molecular flexibility index (Phi) is 5.92. The molecule has 17 heavy (non-hydrogen) atoms. The molecule has 0 N–H and O–H groups in total. The molecule has 1 aliphatic heterocycles. The van der Waals surface area contributed by atoms with Gasteiger partial charge in [-0.2, -0.15) is 0 Å². The van der Waals surface area contributed by atoms with E-state index in [9.17, 15) is 4.79 Å². The summed E-state index contributed by atoms with van der Waals surface area (Å²) in [7, 11) is 2.14. The number of carbonyl (C=O) groups excluding carboxylic acids is 1. The van der Waals surface area contributed by atoms with Gasteiger partial charge < -0.3 is 9.64 Å². The SMILES string of the molecule is CCOC(=O)C(CC)N1CCCN(C)CC1C. The van der Waals surface area contributed by atoms with Crippen LogP contribution in [0.2, 0.25) is 0 Å². The molecular weight excluding hydrogens is 216 g/mol. The largest absolute Gasteiger partial charge is 0.465 e. The van der Waals surface area contributed by atoms with Crippen LogP contribution in [0.15, 0.2) is 0 Å². The van der Waals surface area contributed by atoms with Gasteiger partial charge in [-0.1, -0.05) is 6.92 Å². The van der Waals surface area contributed by atoms with Crippen LogP contribution >= 0.6 is 0 Å². The molecule has 1 saturated heterocycles. The average molecular weight is 242 g/mol. The summed E-state index contributed by atoms with van der Waals surface area (Å²) >= 11 is 0. The molecule has 0 spiro atoms. The molecule has 1 fully saturated rings. The van der Waals surface area contributed by atoms with Crippen molar-refractivity contribution in [1.82, 2.24) is 9.80 Å². The molecule has 0 bridgehead atoms. The molecule has 0 aliphatic carbocycles. The molecule has 0 amide bonds. The number of likely N-dealkylation sites (N-methyl/N-ethyl adjacent to an activating group) is 1. The van der Waals surface area contributed by atoms with Gasteiger partial charge in [0.1, 0.15) is 6.04 Å². The fourth-order valence-corrected chi connectivity index (χ4v) is 2.63. The van der Waals surface area contributed by atoms with E-state index in [2.05, 4.69) is 30.7 Å². The third-order valence-electron chi connectivity index (χ3n) is 3.44. The maximum atomic E-state index is 11.9. The first-order chi connectivity index (χ1) is 8.10. The van der Waals surface area contributed by atoms with Gasteiger partial charge >= 0.3 is 5.97 Å². The molecule has 2 unspecified atom stereocenters. The molecule has 1 heterocycles. The highest BCUT2D eigenvalue weighted by molar-refractivity contribution is 5.75. The molecule has 100 valence electrons. The van der Waals surface area contributed by atoms with Gasteiger partial charge in [0, 0.05) is 19.1 Å². The Morgan fingerprint density at radius 2 is 2.12 bits per heavy atom. The normalized spacial score (nSPS) is 25.3. The predicted octanol–water partition coefficient (Wildman–Crippen LogP) is 1.35. The molecule has 0 aromatic carbocycles. The molecule has 0 aromatic rings. The molecule has 0 saturated carbocycles. The van der Waals surface area contributed by atoms with E-state index in [1.807, 2.05) is 6.92 Å². The Balaban J connectivity index is 2.69. The first-order valence-electron chi connectivity index (χ1n) is 6.71. The Labute approximate surface area is 105 Å². The summed E-state index contributed by atoms with van der Waals surface area (Å²) in [6.45, 7) is 9.72. The van der Waals surface area contributed by atoms with E-state index in [4.69, 9.17) is 4.74 Å². The highest BCUT2D eigenvalue weighted by Crippen LogP contribution is 2.15. The first kappa shape index (κ1) is 14.5. The van der Waals surface area contributed by atoms with Gasteiger partial charge in [0.15, 0.2) is 0 Å². The third kappa shape index (κ3) is 3.96. The van der Waals surface area contributed by atoms with Crippen LogP contribution in [0.5, 0.6) is 0 Å². The summed E-state index contributed by atoms with van der Waals surface area (Å²) < 4.78 is 5.17. The minimum Gasteiger partial charge on any atom is -0.465 e. The van der Waals surface area contributed by atoms with Crippen LogP contribution in [-0.4, -0.2) is 61.1 Å². The van der Waals surface area contributed by atoms with Crippen molar-refractivity contribution >= 4 is 5.97 Å². The molecule has 4 nitrogen and oxygen atoms in total. The highest BCUT2D eigenvalue weighted by atomic mass is 16.5. The van der Waals surface area contributed by atoms with Gasteiger partial charge in [-0.3, -0.25) is 9.69 Å². The number of hydrogen-bond acceptors (Lipinski definition) is 4. The summed E-state index contributed by atoms with van der Waals surface area (Å²) in [4.78, 5) is 16.6. The van der Waals surface area contributed by atoms with Crippen LogP contribution in [0, 0.1) is 0 Å². The highest BCUT2D eigenvalue weighted by Gasteiger charge is 2.30. The van der Waals surface area contributed by atoms with E-state index in [0.717, 1.165) is 32.5 Å². The van der Waals surface area contributed by atoms with Gasteiger partial charge in [0.2, 0.25) is 0 Å². The first-order valence-corrected chi connectivity index (χ1v) is 6.71. The van der Waals surface area contributed by atoms with Gasteiger partial charge in [-0.15, -0.1) is 0 Å². The van der Waals surface area contributed by atoms with Crippen molar-refractivity contribution in [2.75, 3.05) is 33.3 Å². The second-order valence-electron chi connectivity index (χ2n) is 4.88. The lowest BCUT2D eigenvalue weighted by Gasteiger charge is -2.33. The number of esters is 1. The molecule has 0 aromatic heterocycles. The lowest BCUT2D eigenvalue weighted by molar-refractivity contribution is -0.150. The van der Waals surface area contributed by atoms with E-state index in [1.54, 1.807) is 0 Å². The smallest absolute Gasteiger partial charge is 0.323 e. The molecule has 0 radical (unpaired) electrons. The van der Waals surface area contributed by atoms with Gasteiger partial charge in [0.25, 0.3) is 0 Å². The van der Waals surface area contributed by atoms with Crippen LogP contribution in [-0.2, 0) is 9.53 Å². The number of nitrogens with zero attached hydrogens (tertiary/aromatic N) is 2. The Hall–Kier alpha value is -0.610. The quantitative estimate of drug-likeness (QED) is 0.697. The third-order valence-corrected chi connectivity index (χ3v) is 3.44. The molecule has 4 heteroatoms. The van der Waals surface area contributed by atoms with Crippen molar-refractivity contribution in [2.24, 2.45) is 0 Å². The lowest BCUT2D eigenvalue weighted by Crippen LogP contribution is -2.48. The van der Waals surface area contributed by atoms with Crippen LogP contribution in [0.4, 0.5) is 0 Å². The summed E-state index contributed by atoms with van der Waals surface area (Å²) in [5.41, 5.74) is 0. The van der Waals surface area contributed by atoms with Crippen molar-refractivity contribution in [1.29, 1.82) is 0 Å².